The standard InChI is InChI=1S/C13H13N3O4/c1-2-6-16-7-5-15-11(12(16)17)20-10-8-14-4-3-9(10)13(18)19/h3-5,7-8H,2,6H2,1H3,(H,18,19). The second-order valence-electron chi connectivity index (χ2n) is 4.01. The number of hydrogen-bond donors (Lipinski definition) is 1. The van der Waals surface area contributed by atoms with Crippen LogP contribution in [0.1, 0.15) is 23.7 Å². The second kappa shape index (κ2) is 5.96. The molecule has 0 aromatic carbocycles. The molecule has 0 atom stereocenters. The molecule has 20 heavy (non-hydrogen) atoms. The Balaban J connectivity index is 2.38. The van der Waals surface area contributed by atoms with Gasteiger partial charge in [0.25, 0.3) is 5.88 Å². The lowest BCUT2D eigenvalue weighted by Crippen LogP contribution is -2.21. The Hall–Kier alpha value is -2.70. The van der Waals surface area contributed by atoms with Crippen molar-refractivity contribution in [2.24, 2.45) is 0 Å². The number of aromatic nitrogens is 3. The minimum Gasteiger partial charge on any atom is -0.478 e. The molecule has 0 aliphatic carbocycles. The highest BCUT2D eigenvalue weighted by molar-refractivity contribution is 5.90. The molecule has 2 rings (SSSR count). The van der Waals surface area contributed by atoms with Gasteiger partial charge in [0, 0.05) is 25.1 Å². The molecule has 2 aromatic heterocycles. The number of hydrogen-bond acceptors (Lipinski definition) is 5. The molecular formula is C13H13N3O4. The van der Waals surface area contributed by atoms with Crippen LogP contribution in [0.25, 0.3) is 0 Å². The molecule has 0 amide bonds. The molecule has 104 valence electrons. The Labute approximate surface area is 114 Å². The molecule has 0 saturated carbocycles. The third-order valence-corrected chi connectivity index (χ3v) is 2.57. The third-order valence-electron chi connectivity index (χ3n) is 2.57. The van der Waals surface area contributed by atoms with E-state index in [1.165, 1.54) is 29.2 Å². The van der Waals surface area contributed by atoms with Gasteiger partial charge in [-0.15, -0.1) is 0 Å². The van der Waals surface area contributed by atoms with Gasteiger partial charge in [0.05, 0.1) is 6.20 Å². The van der Waals surface area contributed by atoms with Crippen LogP contribution in [0, 0.1) is 0 Å². The van der Waals surface area contributed by atoms with Crippen molar-refractivity contribution in [3.63, 3.8) is 0 Å². The molecule has 0 saturated heterocycles. The van der Waals surface area contributed by atoms with E-state index in [0.717, 1.165) is 6.42 Å². The van der Waals surface area contributed by atoms with Crippen LogP contribution in [0.15, 0.2) is 35.6 Å². The summed E-state index contributed by atoms with van der Waals surface area (Å²) in [4.78, 5) is 30.7. The van der Waals surface area contributed by atoms with Crippen molar-refractivity contribution < 1.29 is 14.6 Å². The molecule has 0 radical (unpaired) electrons. The van der Waals surface area contributed by atoms with Crippen molar-refractivity contribution in [1.29, 1.82) is 0 Å². The Bertz CT molecular complexity index is 681. The Morgan fingerprint density at radius 2 is 2.25 bits per heavy atom. The average molecular weight is 275 g/mol. The topological polar surface area (TPSA) is 94.3 Å². The number of pyridine rings is 1. The quantitative estimate of drug-likeness (QED) is 0.889. The first-order valence-electron chi connectivity index (χ1n) is 6.04. The molecule has 7 nitrogen and oxygen atoms in total. The van der Waals surface area contributed by atoms with Crippen molar-refractivity contribution in [2.45, 2.75) is 19.9 Å². The average Bonchev–Trinajstić information content (AvgIpc) is 2.44. The largest absolute Gasteiger partial charge is 0.478 e. The summed E-state index contributed by atoms with van der Waals surface area (Å²) in [6, 6.07) is 1.30. The van der Waals surface area contributed by atoms with Crippen LogP contribution < -0.4 is 10.3 Å². The number of carboxylic acids is 1. The summed E-state index contributed by atoms with van der Waals surface area (Å²) in [6.45, 7) is 2.48. The van der Waals surface area contributed by atoms with E-state index in [9.17, 15) is 9.59 Å². The molecule has 0 aliphatic rings. The van der Waals surface area contributed by atoms with E-state index in [-0.39, 0.29) is 17.2 Å². The smallest absolute Gasteiger partial charge is 0.339 e. The summed E-state index contributed by atoms with van der Waals surface area (Å²) >= 11 is 0. The summed E-state index contributed by atoms with van der Waals surface area (Å²) in [5.74, 6) is -1.34. The zero-order chi connectivity index (χ0) is 14.5. The summed E-state index contributed by atoms with van der Waals surface area (Å²) in [7, 11) is 0. The van der Waals surface area contributed by atoms with E-state index in [2.05, 4.69) is 9.97 Å². The maximum Gasteiger partial charge on any atom is 0.339 e. The number of ether oxygens (including phenoxy) is 1. The third kappa shape index (κ3) is 2.82. The zero-order valence-corrected chi connectivity index (χ0v) is 10.8. The van der Waals surface area contributed by atoms with Gasteiger partial charge >= 0.3 is 11.5 Å². The fraction of sp³-hybridized carbons (Fsp3) is 0.231. The van der Waals surface area contributed by atoms with E-state index < -0.39 is 11.5 Å². The summed E-state index contributed by atoms with van der Waals surface area (Å²) in [5.41, 5.74) is -0.485. The predicted octanol–water partition coefficient (Wildman–Crippen LogP) is 1.54. The lowest BCUT2D eigenvalue weighted by Gasteiger charge is -2.08. The Kier molecular flexibility index (Phi) is 4.09. The molecule has 0 aliphatic heterocycles. The molecule has 0 unspecified atom stereocenters. The van der Waals surface area contributed by atoms with Gasteiger partial charge in [0.15, 0.2) is 5.75 Å². The van der Waals surface area contributed by atoms with Crippen molar-refractivity contribution in [1.82, 2.24) is 14.5 Å². The van der Waals surface area contributed by atoms with Crippen molar-refractivity contribution in [2.75, 3.05) is 0 Å². The highest BCUT2D eigenvalue weighted by Crippen LogP contribution is 2.20. The van der Waals surface area contributed by atoms with Crippen LogP contribution in [-0.2, 0) is 6.54 Å². The molecular weight excluding hydrogens is 262 g/mol. The molecule has 7 heteroatoms. The number of aryl methyl sites for hydroxylation is 1. The number of nitrogens with zero attached hydrogens (tertiary/aromatic N) is 3. The van der Waals surface area contributed by atoms with Crippen LogP contribution in [0.4, 0.5) is 0 Å². The fourth-order valence-corrected chi connectivity index (χ4v) is 1.66. The number of carboxylic acid groups (broad SMARTS) is 1. The lowest BCUT2D eigenvalue weighted by atomic mass is 10.2. The molecule has 2 heterocycles. The SMILES string of the molecule is CCCn1ccnc(Oc2cnccc2C(=O)O)c1=O. The number of carbonyl (C=O) groups is 1. The van der Waals surface area contributed by atoms with Gasteiger partial charge in [-0.25, -0.2) is 9.78 Å². The minimum atomic E-state index is -1.16. The maximum absolute atomic E-state index is 12.1. The highest BCUT2D eigenvalue weighted by Gasteiger charge is 2.14. The lowest BCUT2D eigenvalue weighted by molar-refractivity contribution is 0.0694. The van der Waals surface area contributed by atoms with Gasteiger partial charge in [0.1, 0.15) is 5.56 Å². The highest BCUT2D eigenvalue weighted by atomic mass is 16.5. The van der Waals surface area contributed by atoms with Crippen LogP contribution in [0.5, 0.6) is 11.6 Å². The van der Waals surface area contributed by atoms with Crippen molar-refractivity contribution in [3.8, 4) is 11.6 Å². The molecule has 0 bridgehead atoms. The van der Waals surface area contributed by atoms with Crippen LogP contribution in [0.3, 0.4) is 0 Å². The first-order valence-corrected chi connectivity index (χ1v) is 6.04. The zero-order valence-electron chi connectivity index (χ0n) is 10.8. The van der Waals surface area contributed by atoms with E-state index in [4.69, 9.17) is 9.84 Å². The summed E-state index contributed by atoms with van der Waals surface area (Å²) in [5, 5.41) is 9.04. The van der Waals surface area contributed by atoms with E-state index in [0.29, 0.717) is 6.54 Å². The Morgan fingerprint density at radius 1 is 1.45 bits per heavy atom. The predicted molar refractivity (Wildman–Crippen MR) is 70.1 cm³/mol. The number of rotatable bonds is 5. The van der Waals surface area contributed by atoms with Gasteiger partial charge in [-0.2, -0.15) is 0 Å². The van der Waals surface area contributed by atoms with Crippen LogP contribution >= 0.6 is 0 Å². The maximum atomic E-state index is 12.1. The van der Waals surface area contributed by atoms with Crippen molar-refractivity contribution >= 4 is 5.97 Å². The van der Waals surface area contributed by atoms with Crippen LogP contribution in [0.2, 0.25) is 0 Å². The van der Waals surface area contributed by atoms with Gasteiger partial charge in [-0.3, -0.25) is 9.78 Å². The van der Waals surface area contributed by atoms with Gasteiger partial charge in [-0.1, -0.05) is 6.92 Å². The first kappa shape index (κ1) is 13.7. The number of aromatic carboxylic acids is 1. The molecule has 1 N–H and O–H groups in total. The first-order chi connectivity index (χ1) is 9.63. The minimum absolute atomic E-state index is 0.0150. The Morgan fingerprint density at radius 3 is 2.95 bits per heavy atom. The van der Waals surface area contributed by atoms with Crippen LogP contribution in [-0.4, -0.2) is 25.6 Å². The van der Waals surface area contributed by atoms with E-state index >= 15 is 0 Å². The monoisotopic (exact) mass is 275 g/mol. The van der Waals surface area contributed by atoms with Gasteiger partial charge in [0.2, 0.25) is 0 Å². The summed E-state index contributed by atoms with van der Waals surface area (Å²) < 4.78 is 6.76. The molecule has 0 fully saturated rings. The summed E-state index contributed by atoms with van der Waals surface area (Å²) in [6.07, 6.45) is 6.35. The fourth-order valence-electron chi connectivity index (χ4n) is 1.66. The van der Waals surface area contributed by atoms with E-state index in [1.54, 1.807) is 6.20 Å². The van der Waals surface area contributed by atoms with Gasteiger partial charge < -0.3 is 14.4 Å². The van der Waals surface area contributed by atoms with Gasteiger partial charge in [-0.05, 0) is 12.5 Å². The second-order valence-corrected chi connectivity index (χ2v) is 4.01. The van der Waals surface area contributed by atoms with Crippen molar-refractivity contribution in [3.05, 3.63) is 46.8 Å². The van der Waals surface area contributed by atoms with E-state index in [1.807, 2.05) is 6.92 Å². The normalized spacial score (nSPS) is 10.2. The molecule has 2 aromatic rings. The molecule has 0 spiro atoms.